The number of amides is 1. The third-order valence-electron chi connectivity index (χ3n) is 4.40. The van der Waals surface area contributed by atoms with Gasteiger partial charge in [-0.2, -0.15) is 0 Å². The van der Waals surface area contributed by atoms with Crippen LogP contribution in [0.15, 0.2) is 66.9 Å². The standard InChI is InChI=1S/C22H20N2O4/c1-15-7-2-3-9-17(15)28-22-16(8-6-12-23-22)13-24-21(25)20-14-26-18-10-4-5-11-19(18)27-20/h2-12,20H,13-14H2,1H3,(H,24,25)/t20-/m1/s1. The lowest BCUT2D eigenvalue weighted by atomic mass is 10.2. The smallest absolute Gasteiger partial charge is 0.264 e. The van der Waals surface area contributed by atoms with Crippen LogP contribution in [-0.4, -0.2) is 23.6 Å². The summed E-state index contributed by atoms with van der Waals surface area (Å²) in [5.74, 6) is 2.16. The van der Waals surface area contributed by atoms with Gasteiger partial charge in [0.15, 0.2) is 11.5 Å². The minimum absolute atomic E-state index is 0.169. The Morgan fingerprint density at radius 3 is 2.75 bits per heavy atom. The van der Waals surface area contributed by atoms with Crippen molar-refractivity contribution < 1.29 is 19.0 Å². The molecule has 0 saturated carbocycles. The lowest BCUT2D eigenvalue weighted by molar-refractivity contribution is -0.130. The number of aromatic nitrogens is 1. The van der Waals surface area contributed by atoms with Crippen LogP contribution in [-0.2, 0) is 11.3 Å². The molecule has 0 bridgehead atoms. The van der Waals surface area contributed by atoms with Gasteiger partial charge < -0.3 is 19.5 Å². The van der Waals surface area contributed by atoms with Gasteiger partial charge in [0.1, 0.15) is 12.4 Å². The van der Waals surface area contributed by atoms with Gasteiger partial charge in [-0.3, -0.25) is 4.79 Å². The van der Waals surface area contributed by atoms with E-state index in [4.69, 9.17) is 14.2 Å². The molecule has 1 aliphatic heterocycles. The van der Waals surface area contributed by atoms with E-state index in [2.05, 4.69) is 10.3 Å². The van der Waals surface area contributed by atoms with Gasteiger partial charge in [-0.15, -0.1) is 0 Å². The molecular formula is C22H20N2O4. The first-order chi connectivity index (χ1) is 13.7. The summed E-state index contributed by atoms with van der Waals surface area (Å²) in [5, 5.41) is 2.88. The Morgan fingerprint density at radius 2 is 1.89 bits per heavy atom. The molecule has 28 heavy (non-hydrogen) atoms. The van der Waals surface area contributed by atoms with Crippen molar-refractivity contribution in [3.63, 3.8) is 0 Å². The van der Waals surface area contributed by atoms with Crippen molar-refractivity contribution in [1.82, 2.24) is 10.3 Å². The second kappa shape index (κ2) is 8.00. The fourth-order valence-corrected chi connectivity index (χ4v) is 2.87. The van der Waals surface area contributed by atoms with Crippen molar-refractivity contribution in [1.29, 1.82) is 0 Å². The molecule has 0 unspecified atom stereocenters. The molecule has 4 rings (SSSR count). The third-order valence-corrected chi connectivity index (χ3v) is 4.40. The quantitative estimate of drug-likeness (QED) is 0.736. The summed E-state index contributed by atoms with van der Waals surface area (Å²) in [5.41, 5.74) is 1.78. The number of hydrogen-bond donors (Lipinski definition) is 1. The van der Waals surface area contributed by atoms with Gasteiger partial charge in [0.25, 0.3) is 5.91 Å². The van der Waals surface area contributed by atoms with Gasteiger partial charge in [-0.25, -0.2) is 4.98 Å². The second-order valence-electron chi connectivity index (χ2n) is 6.42. The fourth-order valence-electron chi connectivity index (χ4n) is 2.87. The van der Waals surface area contributed by atoms with Crippen LogP contribution in [0.3, 0.4) is 0 Å². The number of hydrogen-bond acceptors (Lipinski definition) is 5. The molecule has 142 valence electrons. The molecule has 1 atom stereocenters. The van der Waals surface area contributed by atoms with Crippen molar-refractivity contribution in [2.45, 2.75) is 19.6 Å². The summed E-state index contributed by atoms with van der Waals surface area (Å²) in [6, 6.07) is 18.7. The number of rotatable bonds is 5. The number of para-hydroxylation sites is 3. The molecule has 1 aliphatic rings. The molecule has 3 aromatic rings. The lowest BCUT2D eigenvalue weighted by Gasteiger charge is -2.25. The highest BCUT2D eigenvalue weighted by atomic mass is 16.6. The summed E-state index contributed by atoms with van der Waals surface area (Å²) in [6.45, 7) is 2.41. The van der Waals surface area contributed by atoms with E-state index in [-0.39, 0.29) is 19.1 Å². The Kier molecular flexibility index (Phi) is 5.10. The number of pyridine rings is 1. The molecule has 6 nitrogen and oxygen atoms in total. The summed E-state index contributed by atoms with van der Waals surface area (Å²) < 4.78 is 17.3. The second-order valence-corrected chi connectivity index (χ2v) is 6.42. The molecule has 0 radical (unpaired) electrons. The molecule has 1 amide bonds. The fraction of sp³-hybridized carbons (Fsp3) is 0.182. The number of nitrogens with zero attached hydrogens (tertiary/aromatic N) is 1. The topological polar surface area (TPSA) is 69.7 Å². The highest BCUT2D eigenvalue weighted by Gasteiger charge is 2.27. The molecule has 6 heteroatoms. The maximum absolute atomic E-state index is 12.5. The highest BCUT2D eigenvalue weighted by Crippen LogP contribution is 2.31. The van der Waals surface area contributed by atoms with E-state index in [1.54, 1.807) is 12.3 Å². The maximum atomic E-state index is 12.5. The number of benzene rings is 2. The van der Waals surface area contributed by atoms with Crippen LogP contribution in [0.5, 0.6) is 23.1 Å². The molecular weight excluding hydrogens is 356 g/mol. The average molecular weight is 376 g/mol. The van der Waals surface area contributed by atoms with Gasteiger partial charge >= 0.3 is 0 Å². The van der Waals surface area contributed by atoms with Crippen molar-refractivity contribution in [3.8, 4) is 23.1 Å². The molecule has 0 fully saturated rings. The van der Waals surface area contributed by atoms with E-state index in [9.17, 15) is 4.79 Å². The zero-order valence-electron chi connectivity index (χ0n) is 15.4. The number of fused-ring (bicyclic) bond motifs is 1. The van der Waals surface area contributed by atoms with Crippen molar-refractivity contribution in [3.05, 3.63) is 78.0 Å². The summed E-state index contributed by atoms with van der Waals surface area (Å²) in [7, 11) is 0. The van der Waals surface area contributed by atoms with Crippen LogP contribution in [0, 0.1) is 6.92 Å². The minimum atomic E-state index is -0.702. The molecule has 1 N–H and O–H groups in total. The monoisotopic (exact) mass is 376 g/mol. The Balaban J connectivity index is 1.41. The van der Waals surface area contributed by atoms with Crippen LogP contribution in [0.2, 0.25) is 0 Å². The number of carbonyl (C=O) groups excluding carboxylic acids is 1. The Bertz CT molecular complexity index is 990. The van der Waals surface area contributed by atoms with E-state index >= 15 is 0 Å². The third kappa shape index (κ3) is 3.91. The Morgan fingerprint density at radius 1 is 1.11 bits per heavy atom. The van der Waals surface area contributed by atoms with Crippen LogP contribution in [0.4, 0.5) is 0 Å². The highest BCUT2D eigenvalue weighted by molar-refractivity contribution is 5.81. The van der Waals surface area contributed by atoms with Gasteiger partial charge in [0, 0.05) is 18.3 Å². The first kappa shape index (κ1) is 17.9. The SMILES string of the molecule is Cc1ccccc1Oc1ncccc1CNC(=O)[C@H]1COc2ccccc2O1. The van der Waals surface area contributed by atoms with E-state index in [0.29, 0.717) is 17.4 Å². The van der Waals surface area contributed by atoms with E-state index in [0.717, 1.165) is 16.9 Å². The van der Waals surface area contributed by atoms with Crippen LogP contribution in [0.25, 0.3) is 0 Å². The zero-order valence-corrected chi connectivity index (χ0v) is 15.4. The first-order valence-electron chi connectivity index (χ1n) is 9.04. The predicted octanol–water partition coefficient (Wildman–Crippen LogP) is 3.64. The summed E-state index contributed by atoms with van der Waals surface area (Å²) >= 11 is 0. The van der Waals surface area contributed by atoms with Gasteiger partial charge in [0.05, 0.1) is 0 Å². The van der Waals surface area contributed by atoms with Crippen LogP contribution in [0.1, 0.15) is 11.1 Å². The van der Waals surface area contributed by atoms with Crippen molar-refractivity contribution >= 4 is 5.91 Å². The zero-order chi connectivity index (χ0) is 19.3. The minimum Gasteiger partial charge on any atom is -0.485 e. The summed E-state index contributed by atoms with van der Waals surface area (Å²) in [6.07, 6.45) is 0.959. The summed E-state index contributed by atoms with van der Waals surface area (Å²) in [4.78, 5) is 16.8. The van der Waals surface area contributed by atoms with E-state index < -0.39 is 6.10 Å². The normalized spacial score (nSPS) is 15.0. The molecule has 0 spiro atoms. The predicted molar refractivity (Wildman–Crippen MR) is 104 cm³/mol. The molecule has 2 aromatic carbocycles. The number of carbonyl (C=O) groups is 1. The molecule has 0 saturated heterocycles. The Labute approximate surface area is 163 Å². The van der Waals surface area contributed by atoms with Gasteiger partial charge in [0.2, 0.25) is 12.0 Å². The maximum Gasteiger partial charge on any atom is 0.264 e. The lowest BCUT2D eigenvalue weighted by Crippen LogP contribution is -2.43. The molecule has 0 aliphatic carbocycles. The van der Waals surface area contributed by atoms with Gasteiger partial charge in [-0.1, -0.05) is 36.4 Å². The van der Waals surface area contributed by atoms with E-state index in [1.165, 1.54) is 0 Å². The van der Waals surface area contributed by atoms with E-state index in [1.807, 2.05) is 61.5 Å². The largest absolute Gasteiger partial charge is 0.485 e. The van der Waals surface area contributed by atoms with Crippen LogP contribution >= 0.6 is 0 Å². The Hall–Kier alpha value is -3.54. The number of nitrogens with one attached hydrogen (secondary N) is 1. The number of aryl methyl sites for hydroxylation is 1. The molecule has 2 heterocycles. The number of ether oxygens (including phenoxy) is 3. The molecule has 1 aromatic heterocycles. The first-order valence-corrected chi connectivity index (χ1v) is 9.04. The van der Waals surface area contributed by atoms with Crippen molar-refractivity contribution in [2.24, 2.45) is 0 Å². The van der Waals surface area contributed by atoms with Gasteiger partial charge in [-0.05, 0) is 36.8 Å². The van der Waals surface area contributed by atoms with Crippen LogP contribution < -0.4 is 19.5 Å². The average Bonchev–Trinajstić information content (AvgIpc) is 2.74. The van der Waals surface area contributed by atoms with Crippen molar-refractivity contribution in [2.75, 3.05) is 6.61 Å².